The minimum Gasteiger partial charge on any atom is -0.341 e. The van der Waals surface area contributed by atoms with Crippen LogP contribution in [-0.4, -0.2) is 56.4 Å². The van der Waals surface area contributed by atoms with Gasteiger partial charge in [-0.2, -0.15) is 0 Å². The standard InChI is InChI=1S/C19H27FN2O3S/c1-26(24,25)19(7-9-21-10-8-19)18(23)22-11-5-15(6-12-22)13-16-3-2-4-17(20)14-16/h2-4,14-15,21H,5-13H2,1H3. The van der Waals surface area contributed by atoms with Crippen molar-refractivity contribution in [2.45, 2.75) is 36.9 Å². The van der Waals surface area contributed by atoms with Crippen LogP contribution < -0.4 is 5.32 Å². The van der Waals surface area contributed by atoms with E-state index >= 15 is 0 Å². The van der Waals surface area contributed by atoms with Gasteiger partial charge in [-0.3, -0.25) is 4.79 Å². The molecule has 0 spiro atoms. The highest BCUT2D eigenvalue weighted by molar-refractivity contribution is 7.92. The number of amides is 1. The Morgan fingerprint density at radius 3 is 2.50 bits per heavy atom. The summed E-state index contributed by atoms with van der Waals surface area (Å²) in [6.45, 7) is 2.25. The predicted molar refractivity (Wildman–Crippen MR) is 99.1 cm³/mol. The normalized spacial score (nSPS) is 21.5. The van der Waals surface area contributed by atoms with Gasteiger partial charge in [-0.1, -0.05) is 12.1 Å². The maximum atomic E-state index is 13.3. The Hall–Kier alpha value is -1.47. The molecule has 2 aliphatic heterocycles. The van der Waals surface area contributed by atoms with E-state index in [1.165, 1.54) is 12.3 Å². The number of hydrogen-bond donors (Lipinski definition) is 1. The van der Waals surface area contributed by atoms with E-state index in [1.54, 1.807) is 17.0 Å². The van der Waals surface area contributed by atoms with Gasteiger partial charge in [-0.15, -0.1) is 0 Å². The molecule has 2 aliphatic rings. The predicted octanol–water partition coefficient (Wildman–Crippen LogP) is 1.77. The third-order valence-corrected chi connectivity index (χ3v) is 7.83. The first-order chi connectivity index (χ1) is 12.3. The summed E-state index contributed by atoms with van der Waals surface area (Å²) in [5.74, 6) is -0.0649. The Balaban J connectivity index is 1.64. The zero-order valence-electron chi connectivity index (χ0n) is 15.2. The second kappa shape index (κ2) is 7.64. The monoisotopic (exact) mass is 382 g/mol. The molecular weight excluding hydrogens is 355 g/mol. The van der Waals surface area contributed by atoms with Crippen molar-refractivity contribution in [1.29, 1.82) is 0 Å². The van der Waals surface area contributed by atoms with E-state index < -0.39 is 14.6 Å². The van der Waals surface area contributed by atoms with E-state index in [2.05, 4.69) is 5.32 Å². The van der Waals surface area contributed by atoms with Gasteiger partial charge < -0.3 is 10.2 Å². The molecule has 1 aromatic carbocycles. The average molecular weight is 383 g/mol. The summed E-state index contributed by atoms with van der Waals surface area (Å²) < 4.78 is 36.9. The van der Waals surface area contributed by atoms with Crippen molar-refractivity contribution in [2.75, 3.05) is 32.4 Å². The average Bonchev–Trinajstić information content (AvgIpc) is 2.61. The molecule has 7 heteroatoms. The van der Waals surface area contributed by atoms with Crippen molar-refractivity contribution < 1.29 is 17.6 Å². The van der Waals surface area contributed by atoms with Crippen molar-refractivity contribution >= 4 is 15.7 Å². The number of hydrogen-bond acceptors (Lipinski definition) is 4. The molecule has 0 atom stereocenters. The molecule has 5 nitrogen and oxygen atoms in total. The Labute approximate surface area is 154 Å². The smallest absolute Gasteiger partial charge is 0.244 e. The molecule has 0 bridgehead atoms. The van der Waals surface area contributed by atoms with E-state index in [9.17, 15) is 17.6 Å². The third kappa shape index (κ3) is 3.93. The zero-order valence-corrected chi connectivity index (χ0v) is 16.0. The van der Waals surface area contributed by atoms with Crippen LogP contribution in [0.2, 0.25) is 0 Å². The van der Waals surface area contributed by atoms with Crippen LogP contribution in [-0.2, 0) is 21.1 Å². The van der Waals surface area contributed by atoms with E-state index in [1.807, 2.05) is 6.07 Å². The first-order valence-corrected chi connectivity index (χ1v) is 11.2. The van der Waals surface area contributed by atoms with Crippen LogP contribution in [0.3, 0.4) is 0 Å². The van der Waals surface area contributed by atoms with Crippen LogP contribution in [0.4, 0.5) is 4.39 Å². The number of carbonyl (C=O) groups is 1. The Morgan fingerprint density at radius 2 is 1.92 bits per heavy atom. The number of likely N-dealkylation sites (tertiary alicyclic amines) is 1. The van der Waals surface area contributed by atoms with Crippen molar-refractivity contribution in [3.63, 3.8) is 0 Å². The van der Waals surface area contributed by atoms with Crippen LogP contribution in [0.1, 0.15) is 31.2 Å². The van der Waals surface area contributed by atoms with E-state index in [-0.39, 0.29) is 11.7 Å². The summed E-state index contributed by atoms with van der Waals surface area (Å²) in [7, 11) is -3.48. The number of nitrogens with one attached hydrogen (secondary N) is 1. The van der Waals surface area contributed by atoms with Crippen LogP contribution >= 0.6 is 0 Å². The molecule has 0 aromatic heterocycles. The summed E-state index contributed by atoms with van der Waals surface area (Å²) in [4.78, 5) is 14.8. The Morgan fingerprint density at radius 1 is 1.27 bits per heavy atom. The molecule has 2 fully saturated rings. The summed E-state index contributed by atoms with van der Waals surface area (Å²) >= 11 is 0. The van der Waals surface area contributed by atoms with Crippen molar-refractivity contribution in [3.05, 3.63) is 35.6 Å². The summed E-state index contributed by atoms with van der Waals surface area (Å²) in [6, 6.07) is 6.64. The quantitative estimate of drug-likeness (QED) is 0.862. The van der Waals surface area contributed by atoms with Gasteiger partial charge in [0.1, 0.15) is 5.82 Å². The van der Waals surface area contributed by atoms with Crippen molar-refractivity contribution in [1.82, 2.24) is 10.2 Å². The number of nitrogens with zero attached hydrogens (tertiary/aromatic N) is 1. The second-order valence-corrected chi connectivity index (χ2v) is 9.91. The fourth-order valence-corrected chi connectivity index (χ4v) is 5.59. The fourth-order valence-electron chi connectivity index (χ4n) is 4.20. The van der Waals surface area contributed by atoms with Crippen LogP contribution in [0.5, 0.6) is 0 Å². The van der Waals surface area contributed by atoms with Crippen molar-refractivity contribution in [3.8, 4) is 0 Å². The molecular formula is C19H27FN2O3S. The molecule has 26 heavy (non-hydrogen) atoms. The third-order valence-electron chi connectivity index (χ3n) is 5.83. The molecule has 2 heterocycles. The first-order valence-electron chi connectivity index (χ1n) is 9.26. The van der Waals surface area contributed by atoms with Crippen LogP contribution in [0, 0.1) is 11.7 Å². The highest BCUT2D eigenvalue weighted by atomic mass is 32.2. The minimum absolute atomic E-state index is 0.226. The molecule has 2 saturated heterocycles. The van der Waals surface area contributed by atoms with Crippen LogP contribution in [0.15, 0.2) is 24.3 Å². The molecule has 0 saturated carbocycles. The maximum absolute atomic E-state index is 13.3. The molecule has 1 N–H and O–H groups in total. The summed E-state index contributed by atoms with van der Waals surface area (Å²) in [6.07, 6.45) is 4.30. The lowest BCUT2D eigenvalue weighted by Crippen LogP contribution is -2.59. The lowest BCUT2D eigenvalue weighted by Gasteiger charge is -2.41. The first kappa shape index (κ1) is 19.3. The van der Waals surface area contributed by atoms with Gasteiger partial charge in [0.15, 0.2) is 14.6 Å². The number of rotatable bonds is 4. The second-order valence-electron chi connectivity index (χ2n) is 7.59. The van der Waals surface area contributed by atoms with E-state index in [0.29, 0.717) is 44.9 Å². The van der Waals surface area contributed by atoms with Gasteiger partial charge in [0, 0.05) is 19.3 Å². The SMILES string of the molecule is CS(=O)(=O)C1(C(=O)N2CCC(Cc3cccc(F)c3)CC2)CCNCC1. The van der Waals surface area contributed by atoms with Gasteiger partial charge in [0.25, 0.3) is 0 Å². The number of sulfone groups is 1. The molecule has 1 amide bonds. The lowest BCUT2D eigenvalue weighted by molar-refractivity contribution is -0.136. The molecule has 3 rings (SSSR count). The van der Waals surface area contributed by atoms with Crippen molar-refractivity contribution in [2.24, 2.45) is 5.92 Å². The number of benzene rings is 1. The lowest BCUT2D eigenvalue weighted by atomic mass is 9.88. The van der Waals surface area contributed by atoms with Gasteiger partial charge in [-0.05, 0) is 68.8 Å². The topological polar surface area (TPSA) is 66.5 Å². The number of carbonyl (C=O) groups excluding carboxylic acids is 1. The highest BCUT2D eigenvalue weighted by Gasteiger charge is 2.50. The molecule has 0 aliphatic carbocycles. The summed E-state index contributed by atoms with van der Waals surface area (Å²) in [5.41, 5.74) is 0.973. The number of halogens is 1. The molecule has 0 radical (unpaired) electrons. The highest BCUT2D eigenvalue weighted by Crippen LogP contribution is 2.32. The Bertz CT molecular complexity index is 752. The Kier molecular flexibility index (Phi) is 5.67. The van der Waals surface area contributed by atoms with E-state index in [4.69, 9.17) is 0 Å². The molecule has 144 valence electrons. The number of piperidine rings is 2. The zero-order chi connectivity index (χ0) is 18.8. The van der Waals surface area contributed by atoms with E-state index in [0.717, 1.165) is 24.8 Å². The molecule has 0 unspecified atom stereocenters. The maximum Gasteiger partial charge on any atom is 0.244 e. The molecule has 1 aromatic rings. The fraction of sp³-hybridized carbons (Fsp3) is 0.632. The van der Waals surface area contributed by atoms with Gasteiger partial charge in [0.05, 0.1) is 0 Å². The van der Waals surface area contributed by atoms with Gasteiger partial charge >= 0.3 is 0 Å². The van der Waals surface area contributed by atoms with Crippen LogP contribution in [0.25, 0.3) is 0 Å². The van der Waals surface area contributed by atoms with Gasteiger partial charge in [-0.25, -0.2) is 12.8 Å². The minimum atomic E-state index is -3.48. The largest absolute Gasteiger partial charge is 0.341 e. The van der Waals surface area contributed by atoms with Gasteiger partial charge in [0.2, 0.25) is 5.91 Å². The summed E-state index contributed by atoms with van der Waals surface area (Å²) in [5, 5.41) is 3.14.